The van der Waals surface area contributed by atoms with Gasteiger partial charge in [0.1, 0.15) is 5.82 Å². The number of methoxy groups -OCH3 is 1. The number of benzene rings is 1. The van der Waals surface area contributed by atoms with E-state index in [1.54, 1.807) is 49.5 Å². The molecule has 0 radical (unpaired) electrons. The molecule has 3 rings (SSSR count). The number of amides is 1. The number of nitrogens with zero attached hydrogens (tertiary/aromatic N) is 4. The predicted molar refractivity (Wildman–Crippen MR) is 97.6 cm³/mol. The van der Waals surface area contributed by atoms with Crippen molar-refractivity contribution in [2.75, 3.05) is 7.11 Å². The van der Waals surface area contributed by atoms with E-state index in [1.807, 2.05) is 0 Å². The average Bonchev–Trinajstić information content (AvgIpc) is 3.08. The van der Waals surface area contributed by atoms with Crippen LogP contribution in [0.2, 0.25) is 5.02 Å². The number of pyridine rings is 1. The number of carbonyl (C=O) groups excluding carboxylic acids is 2. The Morgan fingerprint density at radius 1 is 1.22 bits per heavy atom. The first-order chi connectivity index (χ1) is 13.0. The number of hydrogen-bond donors (Lipinski definition) is 1. The van der Waals surface area contributed by atoms with Gasteiger partial charge in [-0.25, -0.2) is 14.5 Å². The molecule has 0 spiro atoms. The lowest BCUT2D eigenvalue weighted by molar-refractivity contribution is -0.143. The third kappa shape index (κ3) is 4.12. The van der Waals surface area contributed by atoms with Crippen molar-refractivity contribution in [3.63, 3.8) is 0 Å². The summed E-state index contributed by atoms with van der Waals surface area (Å²) >= 11 is 5.90. The molecule has 0 saturated carbocycles. The summed E-state index contributed by atoms with van der Waals surface area (Å²) in [5, 5.41) is 7.40. The Bertz CT molecular complexity index is 957. The van der Waals surface area contributed by atoms with E-state index < -0.39 is 17.9 Å². The van der Waals surface area contributed by atoms with Crippen LogP contribution in [-0.4, -0.2) is 38.7 Å². The largest absolute Gasteiger partial charge is 0.467 e. The fourth-order valence-corrected chi connectivity index (χ4v) is 2.58. The van der Waals surface area contributed by atoms with Gasteiger partial charge in [-0.2, -0.15) is 0 Å². The summed E-state index contributed by atoms with van der Waals surface area (Å²) in [5.41, 5.74) is 1.20. The SMILES string of the molecule is COC(=O)[C@H](NC(=O)c1nc(C)n(-c2ccc(Cl)cc2)n1)c1cccnc1. The maximum atomic E-state index is 12.6. The lowest BCUT2D eigenvalue weighted by Gasteiger charge is -2.15. The molecule has 0 bridgehead atoms. The van der Waals surface area contributed by atoms with E-state index in [9.17, 15) is 9.59 Å². The van der Waals surface area contributed by atoms with E-state index in [4.69, 9.17) is 16.3 Å². The molecule has 0 aliphatic carbocycles. The summed E-state index contributed by atoms with van der Waals surface area (Å²) in [4.78, 5) is 32.8. The lowest BCUT2D eigenvalue weighted by Crippen LogP contribution is -2.35. The Morgan fingerprint density at radius 3 is 2.59 bits per heavy atom. The van der Waals surface area contributed by atoms with Gasteiger partial charge in [-0.05, 0) is 37.3 Å². The second kappa shape index (κ2) is 7.96. The number of aromatic nitrogens is 4. The van der Waals surface area contributed by atoms with E-state index in [2.05, 4.69) is 20.4 Å². The number of nitrogens with one attached hydrogen (secondary N) is 1. The van der Waals surface area contributed by atoms with Gasteiger partial charge in [-0.3, -0.25) is 9.78 Å². The van der Waals surface area contributed by atoms with Gasteiger partial charge >= 0.3 is 5.97 Å². The van der Waals surface area contributed by atoms with Gasteiger partial charge in [-0.1, -0.05) is 17.7 Å². The third-order valence-corrected chi connectivity index (χ3v) is 4.03. The molecule has 1 atom stereocenters. The smallest absolute Gasteiger partial charge is 0.333 e. The van der Waals surface area contributed by atoms with Crippen molar-refractivity contribution in [1.29, 1.82) is 0 Å². The Labute approximate surface area is 160 Å². The number of ether oxygens (including phenoxy) is 1. The number of halogens is 1. The first kappa shape index (κ1) is 18.5. The maximum absolute atomic E-state index is 12.6. The first-order valence-corrected chi connectivity index (χ1v) is 8.35. The molecule has 1 N–H and O–H groups in total. The number of rotatable bonds is 5. The minimum absolute atomic E-state index is 0.0692. The number of carbonyl (C=O) groups is 2. The van der Waals surface area contributed by atoms with Gasteiger partial charge in [0.05, 0.1) is 12.8 Å². The molecular formula is C18H16ClN5O3. The summed E-state index contributed by atoms with van der Waals surface area (Å²) in [6.45, 7) is 1.72. The number of esters is 1. The van der Waals surface area contributed by atoms with Crippen molar-refractivity contribution in [2.45, 2.75) is 13.0 Å². The van der Waals surface area contributed by atoms with Crippen molar-refractivity contribution >= 4 is 23.5 Å². The molecule has 0 aliphatic rings. The Kier molecular flexibility index (Phi) is 5.46. The molecule has 0 aliphatic heterocycles. The van der Waals surface area contributed by atoms with E-state index in [-0.39, 0.29) is 5.82 Å². The number of aryl methyl sites for hydroxylation is 1. The van der Waals surface area contributed by atoms with Crippen LogP contribution in [0.4, 0.5) is 0 Å². The Morgan fingerprint density at radius 2 is 1.96 bits per heavy atom. The van der Waals surface area contributed by atoms with Gasteiger partial charge in [0.15, 0.2) is 6.04 Å². The summed E-state index contributed by atoms with van der Waals surface area (Å²) in [7, 11) is 1.25. The molecule has 0 saturated heterocycles. The quantitative estimate of drug-likeness (QED) is 0.676. The highest BCUT2D eigenvalue weighted by atomic mass is 35.5. The average molecular weight is 386 g/mol. The summed E-state index contributed by atoms with van der Waals surface area (Å²) in [5.74, 6) is -0.783. The molecule has 1 aromatic carbocycles. The van der Waals surface area contributed by atoms with Crippen LogP contribution >= 0.6 is 11.6 Å². The summed E-state index contributed by atoms with van der Waals surface area (Å²) in [6.07, 6.45) is 3.05. The molecule has 0 fully saturated rings. The monoisotopic (exact) mass is 385 g/mol. The summed E-state index contributed by atoms with van der Waals surface area (Å²) < 4.78 is 6.29. The van der Waals surface area contributed by atoms with Crippen LogP contribution in [0.25, 0.3) is 5.69 Å². The van der Waals surface area contributed by atoms with E-state index in [1.165, 1.54) is 18.0 Å². The highest BCUT2D eigenvalue weighted by molar-refractivity contribution is 6.30. The fraction of sp³-hybridized carbons (Fsp3) is 0.167. The fourth-order valence-electron chi connectivity index (χ4n) is 2.45. The molecule has 3 aromatic rings. The van der Waals surface area contributed by atoms with Crippen molar-refractivity contribution in [3.05, 3.63) is 71.0 Å². The molecule has 0 unspecified atom stereocenters. The van der Waals surface area contributed by atoms with Crippen LogP contribution < -0.4 is 5.32 Å². The lowest BCUT2D eigenvalue weighted by atomic mass is 10.1. The highest BCUT2D eigenvalue weighted by Gasteiger charge is 2.26. The Hall–Kier alpha value is -3.26. The standard InChI is InChI=1S/C18H16ClN5O3/c1-11-21-16(23-24(11)14-7-5-13(19)6-8-14)17(25)22-15(18(26)27-2)12-4-3-9-20-10-12/h3-10,15H,1-2H3,(H,22,25)/t15-/m1/s1. The van der Waals surface area contributed by atoms with Crippen LogP contribution in [0.1, 0.15) is 28.0 Å². The van der Waals surface area contributed by atoms with Crippen molar-refractivity contribution < 1.29 is 14.3 Å². The molecule has 9 heteroatoms. The highest BCUT2D eigenvalue weighted by Crippen LogP contribution is 2.16. The third-order valence-electron chi connectivity index (χ3n) is 3.77. The minimum atomic E-state index is -1.01. The molecule has 2 aromatic heterocycles. The van der Waals surface area contributed by atoms with Crippen LogP contribution in [0.15, 0.2) is 48.8 Å². The number of hydrogen-bond acceptors (Lipinski definition) is 6. The van der Waals surface area contributed by atoms with Crippen LogP contribution in [-0.2, 0) is 9.53 Å². The second-order valence-electron chi connectivity index (χ2n) is 5.59. The van der Waals surface area contributed by atoms with Crippen LogP contribution in [0.5, 0.6) is 0 Å². The molecule has 27 heavy (non-hydrogen) atoms. The van der Waals surface area contributed by atoms with E-state index in [0.29, 0.717) is 22.1 Å². The normalized spacial score (nSPS) is 11.7. The van der Waals surface area contributed by atoms with Gasteiger partial charge in [0.2, 0.25) is 5.82 Å². The second-order valence-corrected chi connectivity index (χ2v) is 6.02. The van der Waals surface area contributed by atoms with Crippen LogP contribution in [0, 0.1) is 6.92 Å². The summed E-state index contributed by atoms with van der Waals surface area (Å²) in [6, 6.07) is 9.27. The molecule has 1 amide bonds. The van der Waals surface area contributed by atoms with Gasteiger partial charge in [0.25, 0.3) is 5.91 Å². The Balaban J connectivity index is 1.86. The van der Waals surface area contributed by atoms with Gasteiger partial charge in [0, 0.05) is 23.0 Å². The van der Waals surface area contributed by atoms with Gasteiger partial charge < -0.3 is 10.1 Å². The van der Waals surface area contributed by atoms with E-state index >= 15 is 0 Å². The van der Waals surface area contributed by atoms with Crippen molar-refractivity contribution in [3.8, 4) is 5.69 Å². The first-order valence-electron chi connectivity index (χ1n) is 7.98. The topological polar surface area (TPSA) is 99.0 Å². The molecule has 2 heterocycles. The van der Waals surface area contributed by atoms with Crippen LogP contribution in [0.3, 0.4) is 0 Å². The molecule has 8 nitrogen and oxygen atoms in total. The zero-order valence-corrected chi connectivity index (χ0v) is 15.3. The zero-order valence-electron chi connectivity index (χ0n) is 14.6. The molecule has 138 valence electrons. The van der Waals surface area contributed by atoms with Crippen molar-refractivity contribution in [1.82, 2.24) is 25.1 Å². The van der Waals surface area contributed by atoms with Crippen molar-refractivity contribution in [2.24, 2.45) is 0 Å². The minimum Gasteiger partial charge on any atom is -0.467 e. The van der Waals surface area contributed by atoms with Gasteiger partial charge in [-0.15, -0.1) is 5.10 Å². The molecular weight excluding hydrogens is 370 g/mol. The zero-order chi connectivity index (χ0) is 19.4. The predicted octanol–water partition coefficient (Wildman–Crippen LogP) is 2.27. The maximum Gasteiger partial charge on any atom is 0.333 e. The van der Waals surface area contributed by atoms with E-state index in [0.717, 1.165) is 0 Å².